The third-order valence-corrected chi connectivity index (χ3v) is 3.09. The van der Waals surface area contributed by atoms with E-state index in [4.69, 9.17) is 4.74 Å². The molecule has 1 heterocycles. The standard InChI is InChI=1S/C17H20N2O4/c1-10-5-6-11-9-12(7-8-13(11)18-10)14(15(20)21)19-16(22)23-17(2,3)4/h5-9,14H,1-4H3,(H,19,22)(H,20,21). The van der Waals surface area contributed by atoms with Crippen LogP contribution in [0.4, 0.5) is 4.79 Å². The number of carboxylic acid groups (broad SMARTS) is 1. The Morgan fingerprint density at radius 2 is 1.91 bits per heavy atom. The molecule has 0 bridgehead atoms. The molecular weight excluding hydrogens is 296 g/mol. The number of aromatic nitrogens is 1. The number of hydrogen-bond donors (Lipinski definition) is 2. The topological polar surface area (TPSA) is 88.5 Å². The number of carbonyl (C=O) groups is 2. The van der Waals surface area contributed by atoms with Crippen molar-refractivity contribution in [3.63, 3.8) is 0 Å². The lowest BCUT2D eigenvalue weighted by molar-refractivity contribution is -0.139. The van der Waals surface area contributed by atoms with Crippen LogP contribution in [-0.2, 0) is 9.53 Å². The Hall–Kier alpha value is -2.63. The number of aliphatic carboxylic acids is 1. The number of benzene rings is 1. The molecule has 1 amide bonds. The van der Waals surface area contributed by atoms with Gasteiger partial charge >= 0.3 is 12.1 Å². The van der Waals surface area contributed by atoms with Crippen LogP contribution in [-0.4, -0.2) is 27.8 Å². The Labute approximate surface area is 134 Å². The molecule has 0 saturated carbocycles. The van der Waals surface area contributed by atoms with Gasteiger partial charge < -0.3 is 15.2 Å². The second-order valence-electron chi connectivity index (χ2n) is 6.32. The Morgan fingerprint density at radius 3 is 2.52 bits per heavy atom. The van der Waals surface area contributed by atoms with Crippen LogP contribution < -0.4 is 5.32 Å². The van der Waals surface area contributed by atoms with E-state index in [0.717, 1.165) is 16.6 Å². The van der Waals surface area contributed by atoms with Crippen molar-refractivity contribution in [3.8, 4) is 0 Å². The quantitative estimate of drug-likeness (QED) is 0.908. The summed E-state index contributed by atoms with van der Waals surface area (Å²) in [5, 5.41) is 12.6. The normalized spacial score (nSPS) is 12.7. The van der Waals surface area contributed by atoms with Crippen LogP contribution in [0.2, 0.25) is 0 Å². The van der Waals surface area contributed by atoms with Crippen molar-refractivity contribution < 1.29 is 19.4 Å². The zero-order chi connectivity index (χ0) is 17.2. The number of nitrogens with zero attached hydrogens (tertiary/aromatic N) is 1. The fourth-order valence-corrected chi connectivity index (χ4v) is 2.14. The molecule has 6 nitrogen and oxygen atoms in total. The molecule has 122 valence electrons. The lowest BCUT2D eigenvalue weighted by Gasteiger charge is -2.22. The van der Waals surface area contributed by atoms with Crippen LogP contribution in [0.15, 0.2) is 30.3 Å². The van der Waals surface area contributed by atoms with E-state index in [0.29, 0.717) is 5.56 Å². The highest BCUT2D eigenvalue weighted by Gasteiger charge is 2.25. The zero-order valence-electron chi connectivity index (χ0n) is 13.6. The first kappa shape index (κ1) is 16.7. The van der Waals surface area contributed by atoms with E-state index in [9.17, 15) is 14.7 Å². The lowest BCUT2D eigenvalue weighted by atomic mass is 10.0. The van der Waals surface area contributed by atoms with Crippen molar-refractivity contribution in [3.05, 3.63) is 41.6 Å². The van der Waals surface area contributed by atoms with Crippen LogP contribution in [0, 0.1) is 6.92 Å². The van der Waals surface area contributed by atoms with Gasteiger partial charge in [0, 0.05) is 11.1 Å². The van der Waals surface area contributed by atoms with E-state index >= 15 is 0 Å². The third kappa shape index (κ3) is 4.42. The van der Waals surface area contributed by atoms with Gasteiger partial charge in [0.05, 0.1) is 5.52 Å². The molecule has 1 aromatic carbocycles. The van der Waals surface area contributed by atoms with E-state index in [1.807, 2.05) is 19.1 Å². The molecule has 0 radical (unpaired) electrons. The predicted molar refractivity (Wildman–Crippen MR) is 86.2 cm³/mol. The minimum atomic E-state index is -1.18. The number of nitrogens with one attached hydrogen (secondary N) is 1. The number of carboxylic acids is 1. The summed E-state index contributed by atoms with van der Waals surface area (Å²) in [4.78, 5) is 27.7. The summed E-state index contributed by atoms with van der Waals surface area (Å²) >= 11 is 0. The number of aryl methyl sites for hydroxylation is 1. The number of fused-ring (bicyclic) bond motifs is 1. The summed E-state index contributed by atoms with van der Waals surface area (Å²) in [6, 6.07) is 7.62. The molecule has 23 heavy (non-hydrogen) atoms. The van der Waals surface area contributed by atoms with E-state index in [1.165, 1.54) is 0 Å². The first-order valence-electron chi connectivity index (χ1n) is 7.25. The molecule has 0 spiro atoms. The molecule has 0 aliphatic heterocycles. The van der Waals surface area contributed by atoms with E-state index < -0.39 is 23.7 Å². The maximum absolute atomic E-state index is 11.8. The first-order chi connectivity index (χ1) is 10.7. The zero-order valence-corrected chi connectivity index (χ0v) is 13.6. The van der Waals surface area contributed by atoms with Crippen molar-refractivity contribution in [1.82, 2.24) is 10.3 Å². The molecule has 0 saturated heterocycles. The van der Waals surface area contributed by atoms with Crippen molar-refractivity contribution in [2.24, 2.45) is 0 Å². The fourth-order valence-electron chi connectivity index (χ4n) is 2.14. The smallest absolute Gasteiger partial charge is 0.408 e. The molecular formula is C17H20N2O4. The van der Waals surface area contributed by atoms with Gasteiger partial charge in [0.1, 0.15) is 5.60 Å². The highest BCUT2D eigenvalue weighted by molar-refractivity contribution is 5.85. The Morgan fingerprint density at radius 1 is 1.22 bits per heavy atom. The maximum Gasteiger partial charge on any atom is 0.408 e. The molecule has 0 aliphatic carbocycles. The number of alkyl carbamates (subject to hydrolysis) is 1. The SMILES string of the molecule is Cc1ccc2cc(C(NC(=O)OC(C)(C)C)C(=O)O)ccc2n1. The minimum absolute atomic E-state index is 0.460. The van der Waals surface area contributed by atoms with Gasteiger partial charge in [-0.25, -0.2) is 9.59 Å². The summed E-state index contributed by atoms with van der Waals surface area (Å²) in [5.74, 6) is -1.16. The van der Waals surface area contributed by atoms with Crippen LogP contribution >= 0.6 is 0 Å². The summed E-state index contributed by atoms with van der Waals surface area (Å²) in [6.07, 6.45) is -0.771. The van der Waals surface area contributed by atoms with Crippen molar-refractivity contribution >= 4 is 23.0 Å². The molecule has 2 N–H and O–H groups in total. The monoisotopic (exact) mass is 316 g/mol. The Kier molecular flexibility index (Phi) is 4.54. The lowest BCUT2D eigenvalue weighted by Crippen LogP contribution is -2.38. The van der Waals surface area contributed by atoms with Gasteiger partial charge in [-0.05, 0) is 51.5 Å². The summed E-state index contributed by atoms with van der Waals surface area (Å²) < 4.78 is 5.12. The molecule has 2 aromatic rings. The summed E-state index contributed by atoms with van der Waals surface area (Å²) in [7, 11) is 0. The predicted octanol–water partition coefficient (Wildman–Crippen LogP) is 3.19. The molecule has 0 fully saturated rings. The van der Waals surface area contributed by atoms with Gasteiger partial charge in [-0.3, -0.25) is 4.98 Å². The molecule has 0 aliphatic rings. The summed E-state index contributed by atoms with van der Waals surface area (Å²) in [6.45, 7) is 7.03. The van der Waals surface area contributed by atoms with Gasteiger partial charge in [0.15, 0.2) is 6.04 Å². The molecule has 1 atom stereocenters. The van der Waals surface area contributed by atoms with Crippen LogP contribution in [0.1, 0.15) is 38.1 Å². The van der Waals surface area contributed by atoms with Gasteiger partial charge in [-0.2, -0.15) is 0 Å². The fraction of sp³-hybridized carbons (Fsp3) is 0.353. The van der Waals surface area contributed by atoms with Crippen molar-refractivity contribution in [2.75, 3.05) is 0 Å². The number of rotatable bonds is 3. The number of ether oxygens (including phenoxy) is 1. The summed E-state index contributed by atoms with van der Waals surface area (Å²) in [5.41, 5.74) is 1.42. The van der Waals surface area contributed by atoms with Gasteiger partial charge in [-0.1, -0.05) is 12.1 Å². The van der Waals surface area contributed by atoms with Gasteiger partial charge in [0.25, 0.3) is 0 Å². The second kappa shape index (κ2) is 6.24. The molecule has 6 heteroatoms. The van der Waals surface area contributed by atoms with Crippen LogP contribution in [0.3, 0.4) is 0 Å². The van der Waals surface area contributed by atoms with E-state index in [1.54, 1.807) is 39.0 Å². The number of amides is 1. The average Bonchev–Trinajstić information content (AvgIpc) is 2.42. The van der Waals surface area contributed by atoms with E-state index in [-0.39, 0.29) is 0 Å². The molecule has 2 rings (SSSR count). The van der Waals surface area contributed by atoms with Gasteiger partial charge in [0.2, 0.25) is 0 Å². The highest BCUT2D eigenvalue weighted by Crippen LogP contribution is 2.21. The molecule has 1 aromatic heterocycles. The van der Waals surface area contributed by atoms with Crippen LogP contribution in [0.25, 0.3) is 10.9 Å². The number of pyridine rings is 1. The molecule has 1 unspecified atom stereocenters. The highest BCUT2D eigenvalue weighted by atomic mass is 16.6. The Balaban J connectivity index is 2.29. The van der Waals surface area contributed by atoms with Crippen molar-refractivity contribution in [1.29, 1.82) is 0 Å². The number of carbonyl (C=O) groups excluding carboxylic acids is 1. The maximum atomic E-state index is 11.8. The average molecular weight is 316 g/mol. The second-order valence-corrected chi connectivity index (χ2v) is 6.32. The van der Waals surface area contributed by atoms with Gasteiger partial charge in [-0.15, -0.1) is 0 Å². The first-order valence-corrected chi connectivity index (χ1v) is 7.25. The van der Waals surface area contributed by atoms with E-state index in [2.05, 4.69) is 10.3 Å². The Bertz CT molecular complexity index is 750. The minimum Gasteiger partial charge on any atom is -0.479 e. The van der Waals surface area contributed by atoms with Crippen LogP contribution in [0.5, 0.6) is 0 Å². The third-order valence-electron chi connectivity index (χ3n) is 3.09. The largest absolute Gasteiger partial charge is 0.479 e. The van der Waals surface area contributed by atoms with Crippen molar-refractivity contribution in [2.45, 2.75) is 39.3 Å². The number of hydrogen-bond acceptors (Lipinski definition) is 4.